The van der Waals surface area contributed by atoms with E-state index in [-0.39, 0.29) is 24.0 Å². The Labute approximate surface area is 186 Å². The number of carbonyl (C=O) groups excluding carboxylic acids is 1. The molecular weight excluding hydrogens is 413 g/mol. The zero-order valence-corrected chi connectivity index (χ0v) is 18.6. The number of allylic oxidation sites excluding steroid dienone is 3. The monoisotopic (exact) mass is 441 g/mol. The van der Waals surface area contributed by atoms with Gasteiger partial charge in [0.1, 0.15) is 18.1 Å². The normalized spacial score (nSPS) is 15.3. The van der Waals surface area contributed by atoms with Crippen LogP contribution in [-0.2, 0) is 16.1 Å². The van der Waals surface area contributed by atoms with Crippen molar-refractivity contribution in [1.82, 2.24) is 30.1 Å². The molecule has 0 saturated heterocycles. The van der Waals surface area contributed by atoms with E-state index in [9.17, 15) is 4.79 Å². The first-order chi connectivity index (χ1) is 15.5. The molecule has 0 spiro atoms. The maximum Gasteiger partial charge on any atom is 0.251 e. The Hall–Kier alpha value is -3.08. The van der Waals surface area contributed by atoms with E-state index >= 15 is 4.39 Å². The Bertz CT molecular complexity index is 1100. The first-order valence-corrected chi connectivity index (χ1v) is 10.7. The molecule has 0 radical (unpaired) electrons. The van der Waals surface area contributed by atoms with Crippen molar-refractivity contribution in [2.75, 3.05) is 45.2 Å². The molecule has 0 unspecified atom stereocenters. The molecule has 0 bridgehead atoms. The molecule has 9 nitrogen and oxygen atoms in total. The van der Waals surface area contributed by atoms with E-state index in [1.54, 1.807) is 4.68 Å². The lowest BCUT2D eigenvalue weighted by Crippen LogP contribution is -2.27. The molecule has 0 saturated carbocycles. The minimum Gasteiger partial charge on any atom is -0.375 e. The van der Waals surface area contributed by atoms with Gasteiger partial charge in [0.25, 0.3) is 5.91 Å². The first kappa shape index (κ1) is 22.1. The standard InChI is InChI=1S/C22H28FN7O2/c1-4-28(5-2)10-11-30-22-15(21(27-30)25-19(31)14-32-3)12-17(23)20(26-22)16-13-24-29-9-7-6-8-18(16)29/h6-9,12,24H,4-5,10-11,13-14H2,1-3H3,(H,25,27,31). The summed E-state index contributed by atoms with van der Waals surface area (Å²) in [5, 5.41) is 9.58. The van der Waals surface area contributed by atoms with Crippen molar-refractivity contribution in [3.05, 3.63) is 47.7 Å². The van der Waals surface area contributed by atoms with Crippen molar-refractivity contribution in [3.63, 3.8) is 0 Å². The molecule has 4 rings (SSSR count). The van der Waals surface area contributed by atoms with Gasteiger partial charge in [-0.2, -0.15) is 5.10 Å². The minimum atomic E-state index is -0.461. The first-order valence-electron chi connectivity index (χ1n) is 10.7. The Balaban J connectivity index is 1.77. The van der Waals surface area contributed by atoms with Gasteiger partial charge in [-0.05, 0) is 31.3 Å². The SMILES string of the molecule is CCN(CC)CCn1nc(NC(=O)COC)c2cc(F)c(C3=C4C=CC=CN4NC3)nc21. The van der Waals surface area contributed by atoms with E-state index in [1.165, 1.54) is 13.2 Å². The average molecular weight is 442 g/mol. The lowest BCUT2D eigenvalue weighted by molar-refractivity contribution is -0.119. The summed E-state index contributed by atoms with van der Waals surface area (Å²) in [7, 11) is 1.44. The third-order valence-electron chi connectivity index (χ3n) is 5.61. The number of amides is 1. The van der Waals surface area contributed by atoms with Crippen LogP contribution in [-0.4, -0.2) is 70.5 Å². The lowest BCUT2D eigenvalue weighted by atomic mass is 10.1. The number of hydrogen-bond acceptors (Lipinski definition) is 7. The summed E-state index contributed by atoms with van der Waals surface area (Å²) < 4.78 is 21.9. The summed E-state index contributed by atoms with van der Waals surface area (Å²) in [6.07, 6.45) is 7.63. The zero-order valence-electron chi connectivity index (χ0n) is 18.6. The molecule has 2 N–H and O–H groups in total. The molecule has 2 aromatic heterocycles. The fourth-order valence-electron chi connectivity index (χ4n) is 3.89. The third-order valence-corrected chi connectivity index (χ3v) is 5.61. The number of likely N-dealkylation sites (N-methyl/N-ethyl adjacent to an activating group) is 1. The fraction of sp³-hybridized carbons (Fsp3) is 0.409. The van der Waals surface area contributed by atoms with E-state index in [0.717, 1.165) is 30.9 Å². The van der Waals surface area contributed by atoms with E-state index in [4.69, 9.17) is 9.72 Å². The second-order valence-electron chi connectivity index (χ2n) is 7.54. The molecule has 10 heteroatoms. The molecule has 4 heterocycles. The van der Waals surface area contributed by atoms with Crippen LogP contribution in [0.4, 0.5) is 10.2 Å². The van der Waals surface area contributed by atoms with E-state index in [1.807, 2.05) is 29.4 Å². The molecule has 32 heavy (non-hydrogen) atoms. The van der Waals surface area contributed by atoms with Crippen LogP contribution in [0.25, 0.3) is 16.6 Å². The van der Waals surface area contributed by atoms with Crippen LogP contribution in [0.15, 0.2) is 36.2 Å². The average Bonchev–Trinajstić information content (AvgIpc) is 3.35. The molecule has 0 aliphatic carbocycles. The van der Waals surface area contributed by atoms with Gasteiger partial charge in [-0.15, -0.1) is 0 Å². The van der Waals surface area contributed by atoms with Crippen LogP contribution in [0.1, 0.15) is 19.5 Å². The van der Waals surface area contributed by atoms with Gasteiger partial charge < -0.3 is 15.0 Å². The summed E-state index contributed by atoms with van der Waals surface area (Å²) in [5.74, 6) is -0.534. The van der Waals surface area contributed by atoms with Gasteiger partial charge in [0.2, 0.25) is 0 Å². The summed E-state index contributed by atoms with van der Waals surface area (Å²) in [5.41, 5.74) is 5.65. The molecule has 1 amide bonds. The van der Waals surface area contributed by atoms with Crippen LogP contribution in [0.2, 0.25) is 0 Å². The van der Waals surface area contributed by atoms with Gasteiger partial charge in [0, 0.05) is 32.0 Å². The van der Waals surface area contributed by atoms with Crippen LogP contribution >= 0.6 is 0 Å². The molecule has 0 aromatic carbocycles. The van der Waals surface area contributed by atoms with Crippen molar-refractivity contribution >= 4 is 28.3 Å². The van der Waals surface area contributed by atoms with Gasteiger partial charge in [-0.1, -0.05) is 19.9 Å². The van der Waals surface area contributed by atoms with Gasteiger partial charge in [-0.25, -0.2) is 19.5 Å². The summed E-state index contributed by atoms with van der Waals surface area (Å²) in [6, 6.07) is 1.40. The van der Waals surface area contributed by atoms with Crippen molar-refractivity contribution in [1.29, 1.82) is 0 Å². The Morgan fingerprint density at radius 2 is 2.16 bits per heavy atom. The number of ether oxygens (including phenoxy) is 1. The van der Waals surface area contributed by atoms with Crippen LogP contribution in [0.3, 0.4) is 0 Å². The van der Waals surface area contributed by atoms with Crippen molar-refractivity contribution in [3.8, 4) is 0 Å². The summed E-state index contributed by atoms with van der Waals surface area (Å²) >= 11 is 0. The second-order valence-corrected chi connectivity index (χ2v) is 7.54. The predicted octanol–water partition coefficient (Wildman–Crippen LogP) is 2.11. The second kappa shape index (κ2) is 9.60. The van der Waals surface area contributed by atoms with Gasteiger partial charge >= 0.3 is 0 Å². The van der Waals surface area contributed by atoms with Crippen LogP contribution < -0.4 is 10.7 Å². The summed E-state index contributed by atoms with van der Waals surface area (Å²) in [6.45, 7) is 7.72. The Morgan fingerprint density at radius 3 is 2.91 bits per heavy atom. The number of pyridine rings is 1. The van der Waals surface area contributed by atoms with Crippen molar-refractivity contribution < 1.29 is 13.9 Å². The fourth-order valence-corrected chi connectivity index (χ4v) is 3.89. The zero-order chi connectivity index (χ0) is 22.7. The van der Waals surface area contributed by atoms with Crippen LogP contribution in [0, 0.1) is 5.82 Å². The molecule has 0 atom stereocenters. The number of carbonyl (C=O) groups is 1. The van der Waals surface area contributed by atoms with Gasteiger partial charge in [0.15, 0.2) is 11.5 Å². The van der Waals surface area contributed by atoms with Gasteiger partial charge in [0.05, 0.1) is 17.6 Å². The van der Waals surface area contributed by atoms with E-state index in [2.05, 4.69) is 34.6 Å². The Morgan fingerprint density at radius 1 is 1.34 bits per heavy atom. The quantitative estimate of drug-likeness (QED) is 0.616. The van der Waals surface area contributed by atoms with Gasteiger partial charge in [-0.3, -0.25) is 9.80 Å². The topological polar surface area (TPSA) is 87.5 Å². The molecular formula is C22H28FN7O2. The molecule has 2 aliphatic rings. The number of fused-ring (bicyclic) bond motifs is 2. The molecule has 170 valence electrons. The minimum absolute atomic E-state index is 0.112. The number of hydrazine groups is 1. The maximum atomic E-state index is 15.3. The maximum absolute atomic E-state index is 15.3. The van der Waals surface area contributed by atoms with Crippen LogP contribution in [0.5, 0.6) is 0 Å². The predicted molar refractivity (Wildman–Crippen MR) is 121 cm³/mol. The number of rotatable bonds is 9. The molecule has 2 aliphatic heterocycles. The Kier molecular flexibility index (Phi) is 6.63. The molecule has 2 aromatic rings. The number of methoxy groups -OCH3 is 1. The number of hydrogen-bond donors (Lipinski definition) is 2. The third kappa shape index (κ3) is 4.29. The number of anilines is 1. The number of aromatic nitrogens is 3. The largest absolute Gasteiger partial charge is 0.375 e. The number of nitrogens with one attached hydrogen (secondary N) is 2. The highest BCUT2D eigenvalue weighted by molar-refractivity contribution is 5.99. The van der Waals surface area contributed by atoms with Crippen molar-refractivity contribution in [2.24, 2.45) is 0 Å². The highest BCUT2D eigenvalue weighted by Crippen LogP contribution is 2.31. The summed E-state index contributed by atoms with van der Waals surface area (Å²) in [4.78, 5) is 19.1. The van der Waals surface area contributed by atoms with E-state index < -0.39 is 5.82 Å². The van der Waals surface area contributed by atoms with Crippen molar-refractivity contribution in [2.45, 2.75) is 20.4 Å². The molecule has 0 fully saturated rings. The smallest absolute Gasteiger partial charge is 0.251 e. The lowest BCUT2D eigenvalue weighted by Gasteiger charge is -2.18. The number of halogens is 1. The highest BCUT2D eigenvalue weighted by atomic mass is 19.1. The number of nitrogens with zero attached hydrogens (tertiary/aromatic N) is 5. The van der Waals surface area contributed by atoms with E-state index in [0.29, 0.717) is 24.1 Å². The highest BCUT2D eigenvalue weighted by Gasteiger charge is 2.26.